The molecule has 0 atom stereocenters. The Balaban J connectivity index is 1.08. The third kappa shape index (κ3) is 7.40. The molecule has 8 aromatic heterocycles. The van der Waals surface area contributed by atoms with Gasteiger partial charge in [0.05, 0.1) is 58.9 Å². The van der Waals surface area contributed by atoms with Crippen molar-refractivity contribution in [2.45, 2.75) is 0 Å². The van der Waals surface area contributed by atoms with E-state index in [1.54, 1.807) is 0 Å². The lowest BCUT2D eigenvalue weighted by molar-refractivity contribution is 1.05. The van der Waals surface area contributed by atoms with Gasteiger partial charge in [0.25, 0.3) is 0 Å². The summed E-state index contributed by atoms with van der Waals surface area (Å²) in [4.78, 5) is 60.6. The number of para-hydroxylation sites is 1. The van der Waals surface area contributed by atoms with Crippen LogP contribution in [0.3, 0.4) is 0 Å². The minimum Gasteiger partial charge on any atom is -0.309 e. The average molecular weight is 1050 g/mol. The van der Waals surface area contributed by atoms with Gasteiger partial charge in [-0.1, -0.05) is 152 Å². The van der Waals surface area contributed by atoms with Crippen molar-refractivity contribution < 1.29 is 0 Å². The lowest BCUT2D eigenvalue weighted by Crippen LogP contribution is -2.16. The first-order chi connectivity index (χ1) is 40.2. The first-order valence-corrected chi connectivity index (χ1v) is 26.1. The maximum Gasteiger partial charge on any atom is 0.181 e. The third-order valence-corrected chi connectivity index (χ3v) is 14.6. The summed E-state index contributed by atoms with van der Waals surface area (Å²) >= 11 is 0. The summed E-state index contributed by atoms with van der Waals surface area (Å²) in [6.07, 6.45) is 17.8. The molecule has 0 fully saturated rings. The molecule has 16 rings (SSSR count). The van der Waals surface area contributed by atoms with Crippen LogP contribution in [-0.4, -0.2) is 78.1 Å². The van der Waals surface area contributed by atoms with Crippen molar-refractivity contribution in [1.29, 1.82) is 0 Å². The normalized spacial score (nSPS) is 12.1. The predicted octanol–water partition coefficient (Wildman–Crippen LogP) is 12.8. The fourth-order valence-electron chi connectivity index (χ4n) is 11.1. The van der Waals surface area contributed by atoms with Crippen molar-refractivity contribution >= 4 is 73.9 Å². The number of rotatable bonds is 9. The van der Waals surface area contributed by atoms with Crippen LogP contribution in [0.2, 0.25) is 0 Å². The van der Waals surface area contributed by atoms with Gasteiger partial charge in [0, 0.05) is 39.1 Å². The summed E-state index contributed by atoms with van der Waals surface area (Å²) in [6, 6.07) is 59.9. The summed E-state index contributed by atoms with van der Waals surface area (Å²) < 4.78 is 8.61. The Morgan fingerprint density at radius 2 is 0.556 bits per heavy atom. The fourth-order valence-corrected chi connectivity index (χ4v) is 11.1. The van der Waals surface area contributed by atoms with Gasteiger partial charge >= 0.3 is 0 Å². The van der Waals surface area contributed by atoms with Gasteiger partial charge in [-0.05, 0) is 36.4 Å². The van der Waals surface area contributed by atoms with Gasteiger partial charge in [0.2, 0.25) is 0 Å². The van der Waals surface area contributed by atoms with Crippen LogP contribution in [0, 0.1) is 0 Å². The second kappa shape index (κ2) is 18.5. The molecule has 0 saturated carbocycles. The van der Waals surface area contributed by atoms with E-state index >= 15 is 0 Å². The van der Waals surface area contributed by atoms with E-state index in [-0.39, 0.29) is 0 Å². The highest BCUT2D eigenvalue weighted by molar-refractivity contribution is 6.01. The van der Waals surface area contributed by atoms with E-state index in [9.17, 15) is 0 Å². The second-order valence-electron chi connectivity index (χ2n) is 19.3. The van der Waals surface area contributed by atoms with Crippen LogP contribution in [-0.2, 0) is 0 Å². The molecule has 9 heterocycles. The first kappa shape index (κ1) is 45.5. The smallest absolute Gasteiger partial charge is 0.181 e. The molecule has 0 saturated heterocycles. The van der Waals surface area contributed by atoms with E-state index in [1.165, 1.54) is 25.3 Å². The van der Waals surface area contributed by atoms with Crippen LogP contribution >= 0.6 is 0 Å². The molecule has 0 N–H and O–H groups in total. The minimum atomic E-state index is 0.538. The third-order valence-electron chi connectivity index (χ3n) is 14.6. The molecule has 0 spiro atoms. The lowest BCUT2D eigenvalue weighted by Gasteiger charge is -2.31. The number of aromatic nitrogens is 16. The Morgan fingerprint density at radius 1 is 0.272 bits per heavy atom. The largest absolute Gasteiger partial charge is 0.309 e. The van der Waals surface area contributed by atoms with Gasteiger partial charge in [0.1, 0.15) is 70.7 Å². The van der Waals surface area contributed by atoms with Gasteiger partial charge in [-0.25, -0.2) is 59.8 Å². The molecule has 0 bridgehead atoms. The number of fused-ring (bicyclic) bond motifs is 6. The van der Waals surface area contributed by atoms with Crippen LogP contribution in [0.1, 0.15) is 11.1 Å². The number of benzene rings is 7. The zero-order valence-corrected chi connectivity index (χ0v) is 42.6. The monoisotopic (exact) mass is 1050 g/mol. The molecule has 7 aromatic carbocycles. The topological polar surface area (TPSA) is 178 Å². The van der Waals surface area contributed by atoms with E-state index in [1.807, 2.05) is 104 Å². The van der Waals surface area contributed by atoms with Crippen molar-refractivity contribution in [3.8, 4) is 68.3 Å². The van der Waals surface area contributed by atoms with Gasteiger partial charge < -0.3 is 4.90 Å². The number of anilines is 3. The zero-order chi connectivity index (χ0) is 53.4. The van der Waals surface area contributed by atoms with E-state index < -0.39 is 0 Å². The predicted molar refractivity (Wildman–Crippen MR) is 313 cm³/mol. The Morgan fingerprint density at radius 3 is 0.889 bits per heavy atom. The fraction of sp³-hybridized carbons (Fsp3) is 0. The van der Waals surface area contributed by atoms with Gasteiger partial charge in [0.15, 0.2) is 22.6 Å². The SMILES string of the molecule is C1=Cc2c(cc(-n3c(-c4ccccc4)nc4ncncc43)cc2-n2c(-c3ccccc3)nc3ncncc32)N(c2ccccc2)c2cc(-n3c(-c4ccccc4)nc4ncncc43)cc(-n3c(-c4ccccc4)nc4ncncc43)c21. The molecule has 1 aliphatic rings. The highest BCUT2D eigenvalue weighted by Crippen LogP contribution is 2.50. The van der Waals surface area contributed by atoms with E-state index in [0.717, 1.165) is 84.2 Å². The molecule has 17 heteroatoms. The van der Waals surface area contributed by atoms with E-state index in [2.05, 4.69) is 152 Å². The molecule has 0 aliphatic carbocycles. The van der Waals surface area contributed by atoms with Crippen molar-refractivity contribution in [2.24, 2.45) is 0 Å². The lowest BCUT2D eigenvalue weighted by atomic mass is 10.0. The zero-order valence-electron chi connectivity index (χ0n) is 42.6. The van der Waals surface area contributed by atoms with Crippen LogP contribution in [0.4, 0.5) is 17.1 Å². The second-order valence-corrected chi connectivity index (χ2v) is 19.3. The van der Waals surface area contributed by atoms with Crippen molar-refractivity contribution in [3.05, 3.63) is 237 Å². The van der Waals surface area contributed by atoms with E-state index in [4.69, 9.17) is 39.9 Å². The van der Waals surface area contributed by atoms with Gasteiger partial charge in [-0.2, -0.15) is 0 Å². The number of imidazole rings is 4. The molecule has 0 unspecified atom stereocenters. The maximum absolute atomic E-state index is 5.26. The molecule has 1 aliphatic heterocycles. The van der Waals surface area contributed by atoms with Gasteiger partial charge in [-0.3, -0.25) is 18.3 Å². The summed E-state index contributed by atoms with van der Waals surface area (Å²) in [7, 11) is 0. The van der Waals surface area contributed by atoms with Crippen molar-refractivity contribution in [2.75, 3.05) is 4.90 Å². The number of hydrogen-bond donors (Lipinski definition) is 0. The van der Waals surface area contributed by atoms with Crippen LogP contribution in [0.15, 0.2) is 226 Å². The number of nitrogens with zero attached hydrogens (tertiary/aromatic N) is 17. The molecule has 0 radical (unpaired) electrons. The summed E-state index contributed by atoms with van der Waals surface area (Å²) in [5.74, 6) is 2.73. The molecule has 17 nitrogen and oxygen atoms in total. The summed E-state index contributed by atoms with van der Waals surface area (Å²) in [5.41, 5.74) is 16.0. The Hall–Kier alpha value is -11.7. The molecular weight excluding hydrogens is 1010 g/mol. The van der Waals surface area contributed by atoms with Crippen LogP contribution in [0.25, 0.3) is 125 Å². The highest BCUT2D eigenvalue weighted by Gasteiger charge is 2.32. The average Bonchev–Trinajstić information content (AvgIpc) is 4.06. The summed E-state index contributed by atoms with van der Waals surface area (Å²) in [5, 5.41) is 0. The Bertz CT molecular complexity index is 4650. The molecular formula is C64H39N17. The standard InChI is InChI=1S/C64H39N17/c1-6-16-40(17-7-1)61-73-57-53(32-65-36-69-57)78(61)45-28-49-47(51(30-45)80-55-34-67-38-71-59(55)75-63(80)42-20-10-3-11-21-42)26-27-48-50(77(49)44-24-14-5-15-25-44)29-46(79-54-33-66-37-70-58(54)74-62(79)41-18-8-2-9-19-41)31-52(48)81-56-35-68-39-72-60(56)76-64(81)43-22-12-4-13-23-43/h1-39H. The van der Waals surface area contributed by atoms with Crippen LogP contribution in [0.5, 0.6) is 0 Å². The summed E-state index contributed by atoms with van der Waals surface area (Å²) in [6.45, 7) is 0. The first-order valence-electron chi connectivity index (χ1n) is 26.1. The van der Waals surface area contributed by atoms with Crippen molar-refractivity contribution in [1.82, 2.24) is 78.1 Å². The Labute approximate surface area is 460 Å². The van der Waals surface area contributed by atoms with Crippen molar-refractivity contribution in [3.63, 3.8) is 0 Å². The minimum absolute atomic E-state index is 0.538. The van der Waals surface area contributed by atoms with Crippen LogP contribution < -0.4 is 4.90 Å². The molecule has 380 valence electrons. The molecule has 15 aromatic rings. The molecule has 0 amide bonds. The quantitative estimate of drug-likeness (QED) is 0.133. The maximum atomic E-state index is 5.26. The Kier molecular flexibility index (Phi) is 10.4. The van der Waals surface area contributed by atoms with E-state index in [0.29, 0.717) is 56.9 Å². The molecule has 81 heavy (non-hydrogen) atoms. The highest BCUT2D eigenvalue weighted by atomic mass is 15.2. The number of hydrogen-bond acceptors (Lipinski definition) is 13. The van der Waals surface area contributed by atoms with Gasteiger partial charge in [-0.15, -0.1) is 0 Å².